The van der Waals surface area contributed by atoms with E-state index >= 15 is 0 Å². The molecule has 6 nitrogen and oxygen atoms in total. The monoisotopic (exact) mass is 368 g/mol. The fraction of sp³-hybridized carbons (Fsp3) is 0.611. The maximum absolute atomic E-state index is 12.9. The average Bonchev–Trinajstić information content (AvgIpc) is 2.62. The van der Waals surface area contributed by atoms with Crippen LogP contribution in [-0.4, -0.2) is 44.4 Å². The fourth-order valence-electron chi connectivity index (χ4n) is 2.86. The number of sulfonamides is 1. The van der Waals surface area contributed by atoms with Crippen LogP contribution in [0.25, 0.3) is 0 Å². The summed E-state index contributed by atoms with van der Waals surface area (Å²) in [4.78, 5) is 12.6. The van der Waals surface area contributed by atoms with Crippen LogP contribution in [0.3, 0.4) is 0 Å². The van der Waals surface area contributed by atoms with Gasteiger partial charge >= 0.3 is 0 Å². The highest BCUT2D eigenvalue weighted by Crippen LogP contribution is 2.25. The van der Waals surface area contributed by atoms with Crippen molar-refractivity contribution in [2.45, 2.75) is 51.0 Å². The molecule has 0 bridgehead atoms. The topological polar surface area (TPSA) is 75.7 Å². The lowest BCUT2D eigenvalue weighted by Crippen LogP contribution is -2.46. The first kappa shape index (κ1) is 19.7. The number of nitrogens with one attached hydrogen (secondary N) is 1. The van der Waals surface area contributed by atoms with Crippen molar-refractivity contribution in [1.82, 2.24) is 9.62 Å². The first-order valence-electron chi connectivity index (χ1n) is 8.91. The predicted molar refractivity (Wildman–Crippen MR) is 97.0 cm³/mol. The SMILES string of the molecule is CCOc1ccc(S(=O)(=O)N2CCC[C@@H](C(=O)N[C@H](C)CC)C2)cc1. The van der Waals surface area contributed by atoms with Gasteiger partial charge in [0, 0.05) is 19.1 Å². The maximum Gasteiger partial charge on any atom is 0.243 e. The van der Waals surface area contributed by atoms with Gasteiger partial charge in [-0.1, -0.05) is 6.92 Å². The molecular weight excluding hydrogens is 340 g/mol. The number of hydrogen-bond acceptors (Lipinski definition) is 4. The van der Waals surface area contributed by atoms with Gasteiger partial charge in [0.15, 0.2) is 0 Å². The van der Waals surface area contributed by atoms with Crippen LogP contribution in [-0.2, 0) is 14.8 Å². The highest BCUT2D eigenvalue weighted by molar-refractivity contribution is 7.89. The van der Waals surface area contributed by atoms with Crippen molar-refractivity contribution >= 4 is 15.9 Å². The van der Waals surface area contributed by atoms with Crippen molar-refractivity contribution < 1.29 is 17.9 Å². The third kappa shape index (κ3) is 4.95. The number of benzene rings is 1. The molecule has 1 aliphatic heterocycles. The van der Waals surface area contributed by atoms with E-state index in [-0.39, 0.29) is 29.3 Å². The van der Waals surface area contributed by atoms with E-state index in [1.807, 2.05) is 20.8 Å². The zero-order valence-corrected chi connectivity index (χ0v) is 16.0. The summed E-state index contributed by atoms with van der Waals surface area (Å²) in [6.07, 6.45) is 2.26. The summed E-state index contributed by atoms with van der Waals surface area (Å²) >= 11 is 0. The number of piperidine rings is 1. The molecular formula is C18H28N2O4S. The molecule has 0 spiro atoms. The number of hydrogen-bond donors (Lipinski definition) is 1. The molecule has 0 aromatic heterocycles. The molecule has 25 heavy (non-hydrogen) atoms. The van der Waals surface area contributed by atoms with E-state index in [1.165, 1.54) is 4.31 Å². The highest BCUT2D eigenvalue weighted by Gasteiger charge is 2.33. The van der Waals surface area contributed by atoms with E-state index in [4.69, 9.17) is 4.74 Å². The summed E-state index contributed by atoms with van der Waals surface area (Å²) in [6, 6.07) is 6.54. The molecule has 1 N–H and O–H groups in total. The van der Waals surface area contributed by atoms with E-state index < -0.39 is 10.0 Å². The number of carbonyl (C=O) groups excluding carboxylic acids is 1. The third-order valence-electron chi connectivity index (χ3n) is 4.53. The molecule has 1 fully saturated rings. The Hall–Kier alpha value is -1.60. The van der Waals surface area contributed by atoms with Crippen LogP contribution in [0, 0.1) is 5.92 Å². The van der Waals surface area contributed by atoms with Gasteiger partial charge in [-0.25, -0.2) is 8.42 Å². The van der Waals surface area contributed by atoms with Crippen LogP contribution in [0.15, 0.2) is 29.2 Å². The lowest BCUT2D eigenvalue weighted by atomic mass is 9.98. The molecule has 0 saturated carbocycles. The molecule has 1 amide bonds. The fourth-order valence-corrected chi connectivity index (χ4v) is 4.38. The van der Waals surface area contributed by atoms with Gasteiger partial charge < -0.3 is 10.1 Å². The Morgan fingerprint density at radius 2 is 2.00 bits per heavy atom. The van der Waals surface area contributed by atoms with E-state index in [0.717, 1.165) is 12.8 Å². The number of ether oxygens (including phenoxy) is 1. The minimum atomic E-state index is -3.60. The van der Waals surface area contributed by atoms with E-state index in [2.05, 4.69) is 5.32 Å². The molecule has 1 aromatic carbocycles. The summed E-state index contributed by atoms with van der Waals surface area (Å²) in [6.45, 7) is 7.05. The van der Waals surface area contributed by atoms with Crippen molar-refractivity contribution in [1.29, 1.82) is 0 Å². The van der Waals surface area contributed by atoms with Crippen LogP contribution in [0.1, 0.15) is 40.0 Å². The van der Waals surface area contributed by atoms with Gasteiger partial charge in [0.05, 0.1) is 17.4 Å². The Balaban J connectivity index is 2.09. The van der Waals surface area contributed by atoms with Gasteiger partial charge in [-0.05, 0) is 57.4 Å². The Bertz CT molecular complexity index is 673. The van der Waals surface area contributed by atoms with Crippen molar-refractivity contribution in [2.24, 2.45) is 5.92 Å². The van der Waals surface area contributed by atoms with Crippen molar-refractivity contribution in [3.8, 4) is 5.75 Å². The van der Waals surface area contributed by atoms with Gasteiger partial charge in [-0.3, -0.25) is 4.79 Å². The lowest BCUT2D eigenvalue weighted by Gasteiger charge is -2.31. The summed E-state index contributed by atoms with van der Waals surface area (Å²) in [5.41, 5.74) is 0. The average molecular weight is 368 g/mol. The summed E-state index contributed by atoms with van der Waals surface area (Å²) in [5.74, 6) is 0.298. The molecule has 1 aromatic rings. The second kappa shape index (κ2) is 8.67. The largest absolute Gasteiger partial charge is 0.494 e. The molecule has 7 heteroatoms. The molecule has 1 heterocycles. The molecule has 2 rings (SSSR count). The van der Waals surface area contributed by atoms with Gasteiger partial charge in [-0.2, -0.15) is 4.31 Å². The Labute approximate surface area is 150 Å². The van der Waals surface area contributed by atoms with Crippen LogP contribution < -0.4 is 10.1 Å². The second-order valence-corrected chi connectivity index (χ2v) is 8.36. The standard InChI is InChI=1S/C18H28N2O4S/c1-4-14(3)19-18(21)15-7-6-12-20(13-15)25(22,23)17-10-8-16(9-11-17)24-5-2/h8-11,14-15H,4-7,12-13H2,1-3H3,(H,19,21)/t14-,15-/m1/s1. The number of rotatable bonds is 7. The zero-order valence-electron chi connectivity index (χ0n) is 15.2. The molecule has 0 unspecified atom stereocenters. The molecule has 1 aliphatic rings. The van der Waals surface area contributed by atoms with Gasteiger partial charge in [0.1, 0.15) is 5.75 Å². The molecule has 0 aliphatic carbocycles. The molecule has 2 atom stereocenters. The Morgan fingerprint density at radius 1 is 1.32 bits per heavy atom. The summed E-state index contributed by atoms with van der Waals surface area (Å²) in [5, 5.41) is 2.96. The minimum absolute atomic E-state index is 0.0547. The van der Waals surface area contributed by atoms with Crippen LogP contribution in [0.2, 0.25) is 0 Å². The van der Waals surface area contributed by atoms with Gasteiger partial charge in [0.25, 0.3) is 0 Å². The second-order valence-electron chi connectivity index (χ2n) is 6.42. The number of carbonyl (C=O) groups is 1. The van der Waals surface area contributed by atoms with E-state index in [0.29, 0.717) is 25.3 Å². The zero-order chi connectivity index (χ0) is 18.4. The van der Waals surface area contributed by atoms with Crippen LogP contribution in [0.5, 0.6) is 5.75 Å². The van der Waals surface area contributed by atoms with Crippen LogP contribution >= 0.6 is 0 Å². The molecule has 1 saturated heterocycles. The number of nitrogens with zero attached hydrogens (tertiary/aromatic N) is 1. The summed E-state index contributed by atoms with van der Waals surface area (Å²) in [7, 11) is -3.60. The van der Waals surface area contributed by atoms with Gasteiger partial charge in [0.2, 0.25) is 15.9 Å². The quantitative estimate of drug-likeness (QED) is 0.802. The Morgan fingerprint density at radius 3 is 2.60 bits per heavy atom. The van der Waals surface area contributed by atoms with Crippen molar-refractivity contribution in [2.75, 3.05) is 19.7 Å². The smallest absolute Gasteiger partial charge is 0.243 e. The van der Waals surface area contributed by atoms with Crippen LogP contribution in [0.4, 0.5) is 0 Å². The van der Waals surface area contributed by atoms with Crippen molar-refractivity contribution in [3.63, 3.8) is 0 Å². The number of amides is 1. The molecule has 0 radical (unpaired) electrons. The van der Waals surface area contributed by atoms with E-state index in [1.54, 1.807) is 24.3 Å². The first-order valence-corrected chi connectivity index (χ1v) is 10.4. The predicted octanol–water partition coefficient (Wildman–Crippen LogP) is 2.40. The molecule has 140 valence electrons. The third-order valence-corrected chi connectivity index (χ3v) is 6.41. The first-order chi connectivity index (χ1) is 11.9. The Kier molecular flexibility index (Phi) is 6.84. The maximum atomic E-state index is 12.9. The normalized spacial score (nSPS) is 20.0. The lowest BCUT2D eigenvalue weighted by molar-refractivity contribution is -0.126. The van der Waals surface area contributed by atoms with Crippen molar-refractivity contribution in [3.05, 3.63) is 24.3 Å². The minimum Gasteiger partial charge on any atom is -0.494 e. The van der Waals surface area contributed by atoms with E-state index in [9.17, 15) is 13.2 Å². The van der Waals surface area contributed by atoms with Gasteiger partial charge in [-0.15, -0.1) is 0 Å². The summed E-state index contributed by atoms with van der Waals surface area (Å²) < 4.78 is 32.5. The highest BCUT2D eigenvalue weighted by atomic mass is 32.2.